The normalized spacial score (nSPS) is 12.9. The number of carbonyl (C=O) groups excluding carboxylic acids is 4. The van der Waals surface area contributed by atoms with Crippen LogP contribution >= 0.6 is 0 Å². The van der Waals surface area contributed by atoms with Crippen LogP contribution < -0.4 is 21.7 Å². The minimum atomic E-state index is -0.948. The molecule has 0 aromatic heterocycles. The van der Waals surface area contributed by atoms with E-state index in [9.17, 15) is 19.2 Å². The number of methoxy groups -OCH3 is 1. The Labute approximate surface area is 269 Å². The fraction of sp³-hybridized carbons (Fsp3) is 0.297. The predicted molar refractivity (Wildman–Crippen MR) is 182 cm³/mol. The molecule has 240 valence electrons. The van der Waals surface area contributed by atoms with Gasteiger partial charge in [-0.15, -0.1) is 6.58 Å². The quantitative estimate of drug-likeness (QED) is 0.0664. The largest absolute Gasteiger partial charge is 0.467 e. The molecule has 0 saturated carbocycles. The van der Waals surface area contributed by atoms with Crippen LogP contribution in [-0.2, 0) is 30.3 Å². The Balaban J connectivity index is 1.54. The van der Waals surface area contributed by atoms with Crippen molar-refractivity contribution < 1.29 is 23.9 Å². The Morgan fingerprint density at radius 2 is 1.43 bits per heavy atom. The number of nitrogens with one attached hydrogen (secondary N) is 3. The summed E-state index contributed by atoms with van der Waals surface area (Å²) in [5.41, 5.74) is 8.62. The Bertz CT molecular complexity index is 1700. The molecule has 4 rings (SSSR count). The van der Waals surface area contributed by atoms with Gasteiger partial charge in [-0.05, 0) is 76.5 Å². The minimum Gasteiger partial charge on any atom is -0.467 e. The van der Waals surface area contributed by atoms with Gasteiger partial charge in [0.1, 0.15) is 18.1 Å². The summed E-state index contributed by atoms with van der Waals surface area (Å²) in [4.78, 5) is 51.1. The molecular formula is C37H42N4O5. The van der Waals surface area contributed by atoms with Crippen LogP contribution in [0.3, 0.4) is 0 Å². The van der Waals surface area contributed by atoms with E-state index in [1.165, 1.54) is 30.9 Å². The summed E-state index contributed by atoms with van der Waals surface area (Å²) in [7, 11) is 1.24. The number of hydrogen-bond acceptors (Lipinski definition) is 6. The molecule has 9 heteroatoms. The molecule has 0 radical (unpaired) electrons. The topological polar surface area (TPSA) is 140 Å². The second kappa shape index (κ2) is 16.3. The van der Waals surface area contributed by atoms with Crippen molar-refractivity contribution in [1.82, 2.24) is 16.0 Å². The van der Waals surface area contributed by atoms with Gasteiger partial charge >= 0.3 is 5.97 Å². The van der Waals surface area contributed by atoms with Gasteiger partial charge in [0, 0.05) is 13.3 Å². The lowest BCUT2D eigenvalue weighted by Gasteiger charge is -2.24. The van der Waals surface area contributed by atoms with Crippen LogP contribution in [0.1, 0.15) is 38.2 Å². The molecule has 0 fully saturated rings. The molecule has 3 atom stereocenters. The third-order valence-electron chi connectivity index (χ3n) is 7.95. The maximum Gasteiger partial charge on any atom is 0.328 e. The third-order valence-corrected chi connectivity index (χ3v) is 7.95. The summed E-state index contributed by atoms with van der Waals surface area (Å²) in [6, 6.07) is 23.9. The standard InChI is InChI=1S/C37H42N4O5/c1-4-11-33(37(45)46-3)41-35(43)32(16-9-10-21-38)40-36(44)34(39-24(2)42)22-25-17-19-26(20-18-25)31-23-27-12-5-6-13-28(27)29-14-7-8-15-30(29)31/h4-8,12-15,17-20,23,32-34H,1,9-11,16,21-22,38H2,2-3H3,(H,39,42)(H,40,44)(H,41,43)/t32-,33-,34-/m0/s1. The van der Waals surface area contributed by atoms with Crippen LogP contribution in [0.15, 0.2) is 91.5 Å². The summed E-state index contributed by atoms with van der Waals surface area (Å²) >= 11 is 0. The molecule has 0 bridgehead atoms. The van der Waals surface area contributed by atoms with Crippen molar-refractivity contribution in [1.29, 1.82) is 0 Å². The average molecular weight is 623 g/mol. The molecule has 5 N–H and O–H groups in total. The maximum atomic E-state index is 13.6. The van der Waals surface area contributed by atoms with Crippen LogP contribution in [0.4, 0.5) is 0 Å². The summed E-state index contributed by atoms with van der Waals surface area (Å²) in [5, 5.41) is 12.8. The van der Waals surface area contributed by atoms with E-state index in [4.69, 9.17) is 10.5 Å². The molecule has 46 heavy (non-hydrogen) atoms. The first kappa shape index (κ1) is 33.9. The molecular weight excluding hydrogens is 580 g/mol. The van der Waals surface area contributed by atoms with Gasteiger partial charge in [0.2, 0.25) is 17.7 Å². The van der Waals surface area contributed by atoms with Crippen LogP contribution in [0.25, 0.3) is 32.7 Å². The van der Waals surface area contributed by atoms with Gasteiger partial charge in [-0.3, -0.25) is 14.4 Å². The summed E-state index contributed by atoms with van der Waals surface area (Å²) in [6.45, 7) is 5.41. The summed E-state index contributed by atoms with van der Waals surface area (Å²) in [5.74, 6) is -2.03. The van der Waals surface area contributed by atoms with Gasteiger partial charge < -0.3 is 26.4 Å². The number of fused-ring (bicyclic) bond motifs is 3. The smallest absolute Gasteiger partial charge is 0.328 e. The predicted octanol–water partition coefficient (Wildman–Crippen LogP) is 4.55. The van der Waals surface area contributed by atoms with Gasteiger partial charge in [0.25, 0.3) is 0 Å². The molecule has 0 aliphatic carbocycles. The van der Waals surface area contributed by atoms with Crippen LogP contribution in [0.5, 0.6) is 0 Å². The fourth-order valence-corrected chi connectivity index (χ4v) is 5.63. The number of ether oxygens (including phenoxy) is 1. The fourth-order valence-electron chi connectivity index (χ4n) is 5.63. The van der Waals surface area contributed by atoms with Crippen LogP contribution in [0.2, 0.25) is 0 Å². The number of hydrogen-bond donors (Lipinski definition) is 4. The Hall–Kier alpha value is -5.02. The van der Waals surface area contributed by atoms with E-state index >= 15 is 0 Å². The van der Waals surface area contributed by atoms with Crippen molar-refractivity contribution in [3.8, 4) is 11.1 Å². The van der Waals surface area contributed by atoms with Crippen LogP contribution in [0, 0.1) is 0 Å². The molecule has 0 unspecified atom stereocenters. The average Bonchev–Trinajstić information content (AvgIpc) is 3.06. The van der Waals surface area contributed by atoms with E-state index in [1.807, 2.05) is 48.5 Å². The van der Waals surface area contributed by atoms with E-state index in [0.717, 1.165) is 27.5 Å². The van der Waals surface area contributed by atoms with Gasteiger partial charge in [0.15, 0.2) is 0 Å². The molecule has 4 aromatic rings. The van der Waals surface area contributed by atoms with Gasteiger partial charge in [-0.1, -0.05) is 78.9 Å². The van der Waals surface area contributed by atoms with E-state index < -0.39 is 35.9 Å². The SMILES string of the molecule is C=CC[C@H](NC(=O)[C@H](CCCCN)NC(=O)[C@H](Cc1ccc(-c2cc3ccccc3c3ccccc23)cc1)NC(C)=O)C(=O)OC. The molecule has 3 amide bonds. The molecule has 0 spiro atoms. The zero-order valence-electron chi connectivity index (χ0n) is 26.4. The highest BCUT2D eigenvalue weighted by Gasteiger charge is 2.29. The molecule has 0 heterocycles. The highest BCUT2D eigenvalue weighted by Crippen LogP contribution is 2.35. The lowest BCUT2D eigenvalue weighted by Crippen LogP contribution is -2.56. The molecule has 4 aromatic carbocycles. The van der Waals surface area contributed by atoms with Gasteiger partial charge in [-0.25, -0.2) is 4.79 Å². The number of rotatable bonds is 15. The van der Waals surface area contributed by atoms with Crippen LogP contribution in [-0.4, -0.2) is 55.5 Å². The Morgan fingerprint density at radius 1 is 0.804 bits per heavy atom. The maximum absolute atomic E-state index is 13.6. The first-order valence-corrected chi connectivity index (χ1v) is 15.5. The first-order valence-electron chi connectivity index (χ1n) is 15.5. The second-order valence-corrected chi connectivity index (χ2v) is 11.3. The molecule has 0 saturated heterocycles. The summed E-state index contributed by atoms with van der Waals surface area (Å²) < 4.78 is 4.80. The number of amides is 3. The monoisotopic (exact) mass is 622 g/mol. The lowest BCUT2D eigenvalue weighted by atomic mass is 9.92. The third kappa shape index (κ3) is 8.57. The van der Waals surface area contributed by atoms with Crippen molar-refractivity contribution in [2.45, 2.75) is 57.2 Å². The zero-order valence-corrected chi connectivity index (χ0v) is 26.4. The Kier molecular flexibility index (Phi) is 12.0. The second-order valence-electron chi connectivity index (χ2n) is 11.3. The van der Waals surface area contributed by atoms with E-state index in [-0.39, 0.29) is 18.7 Å². The lowest BCUT2D eigenvalue weighted by molar-refractivity contribution is -0.145. The molecule has 9 nitrogen and oxygen atoms in total. The van der Waals surface area contributed by atoms with Crippen molar-refractivity contribution in [2.24, 2.45) is 5.73 Å². The number of esters is 1. The zero-order chi connectivity index (χ0) is 33.1. The van der Waals surface area contributed by atoms with Gasteiger partial charge in [0.05, 0.1) is 7.11 Å². The van der Waals surface area contributed by atoms with Crippen molar-refractivity contribution in [3.05, 3.63) is 97.1 Å². The highest BCUT2D eigenvalue weighted by atomic mass is 16.5. The number of benzene rings is 4. The Morgan fingerprint density at radius 3 is 2.09 bits per heavy atom. The molecule has 0 aliphatic heterocycles. The summed E-state index contributed by atoms with van der Waals surface area (Å²) in [6.07, 6.45) is 3.42. The van der Waals surface area contributed by atoms with Gasteiger partial charge in [-0.2, -0.15) is 0 Å². The molecule has 0 aliphatic rings. The van der Waals surface area contributed by atoms with Crippen molar-refractivity contribution in [2.75, 3.05) is 13.7 Å². The van der Waals surface area contributed by atoms with E-state index in [2.05, 4.69) is 52.9 Å². The van der Waals surface area contributed by atoms with E-state index in [0.29, 0.717) is 25.8 Å². The first-order chi connectivity index (χ1) is 22.2. The van der Waals surface area contributed by atoms with Crippen molar-refractivity contribution >= 4 is 45.2 Å². The van der Waals surface area contributed by atoms with Crippen molar-refractivity contribution in [3.63, 3.8) is 0 Å². The van der Waals surface area contributed by atoms with E-state index in [1.54, 1.807) is 0 Å². The minimum absolute atomic E-state index is 0.168. The number of unbranched alkanes of at least 4 members (excludes halogenated alkanes) is 1. The number of nitrogens with two attached hydrogens (primary N) is 1. The highest BCUT2D eigenvalue weighted by molar-refractivity contribution is 6.13. The number of carbonyl (C=O) groups is 4.